The van der Waals surface area contributed by atoms with E-state index < -0.39 is 16.1 Å². The van der Waals surface area contributed by atoms with Crippen LogP contribution in [0.25, 0.3) is 10.8 Å². The maximum absolute atomic E-state index is 12.9. The highest BCUT2D eigenvalue weighted by molar-refractivity contribution is 7.89. The van der Waals surface area contributed by atoms with E-state index in [9.17, 15) is 13.2 Å². The van der Waals surface area contributed by atoms with E-state index in [1.807, 2.05) is 24.3 Å². The van der Waals surface area contributed by atoms with Gasteiger partial charge in [-0.2, -0.15) is 9.82 Å². The lowest BCUT2D eigenvalue weighted by Gasteiger charge is -2.32. The topological polar surface area (TPSA) is 84.3 Å². The van der Waals surface area contributed by atoms with Crippen molar-refractivity contribution in [1.82, 2.24) is 14.5 Å². The van der Waals surface area contributed by atoms with E-state index in [1.165, 1.54) is 0 Å². The molecule has 0 radical (unpaired) electrons. The minimum absolute atomic E-state index is 0.159. The van der Waals surface area contributed by atoms with Crippen LogP contribution < -0.4 is 9.62 Å². The molecule has 2 heterocycles. The van der Waals surface area contributed by atoms with Crippen molar-refractivity contribution in [1.29, 1.82) is 0 Å². The molecule has 2 aromatic carbocycles. The predicted molar refractivity (Wildman–Crippen MR) is 103 cm³/mol. The number of rotatable bonds is 4. The number of nitrogens with zero attached hydrogens (tertiary/aromatic N) is 3. The Morgan fingerprint density at radius 1 is 1.11 bits per heavy atom. The summed E-state index contributed by atoms with van der Waals surface area (Å²) < 4.78 is 29.9. The number of hydrogen-bond donors (Lipinski definition) is 1. The van der Waals surface area contributed by atoms with Crippen LogP contribution in [0.2, 0.25) is 0 Å². The summed E-state index contributed by atoms with van der Waals surface area (Å²) in [5, 5.41) is 5.89. The van der Waals surface area contributed by atoms with Crippen LogP contribution >= 0.6 is 0 Å². The van der Waals surface area contributed by atoms with Crippen molar-refractivity contribution in [3.63, 3.8) is 0 Å². The highest BCUT2D eigenvalue weighted by Crippen LogP contribution is 2.23. The third kappa shape index (κ3) is 3.33. The number of benzene rings is 2. The zero-order valence-corrected chi connectivity index (χ0v) is 15.7. The first-order chi connectivity index (χ1) is 13.0. The number of carbonyl (C=O) groups excluding carboxylic acids is 1. The number of carbonyl (C=O) groups is 1. The van der Waals surface area contributed by atoms with E-state index in [0.717, 1.165) is 10.8 Å². The molecule has 0 unspecified atom stereocenters. The van der Waals surface area contributed by atoms with Crippen molar-refractivity contribution in [3.8, 4) is 0 Å². The Bertz CT molecular complexity index is 1110. The number of amides is 1. The molecule has 0 aliphatic carbocycles. The maximum Gasteiger partial charge on any atom is 0.246 e. The molecular formula is C19H20N4O3S. The van der Waals surface area contributed by atoms with Gasteiger partial charge in [0.25, 0.3) is 0 Å². The zero-order chi connectivity index (χ0) is 19.0. The molecule has 140 valence electrons. The number of sulfonamides is 1. The van der Waals surface area contributed by atoms with Crippen LogP contribution in [0.1, 0.15) is 12.8 Å². The van der Waals surface area contributed by atoms with E-state index in [-0.39, 0.29) is 10.8 Å². The quantitative estimate of drug-likeness (QED) is 0.746. The van der Waals surface area contributed by atoms with Crippen molar-refractivity contribution < 1.29 is 13.2 Å². The second-order valence-corrected chi connectivity index (χ2v) is 8.34. The van der Waals surface area contributed by atoms with E-state index in [4.69, 9.17) is 0 Å². The summed E-state index contributed by atoms with van der Waals surface area (Å²) in [7, 11) is -2.05. The molecular weight excluding hydrogens is 364 g/mol. The Morgan fingerprint density at radius 2 is 1.89 bits per heavy atom. The van der Waals surface area contributed by atoms with Crippen LogP contribution in [-0.2, 0) is 21.9 Å². The number of piperidine rings is 1. The first-order valence-electron chi connectivity index (χ1n) is 8.76. The summed E-state index contributed by atoms with van der Waals surface area (Å²) in [6.45, 7) is 0.548. The van der Waals surface area contributed by atoms with Gasteiger partial charge in [0.2, 0.25) is 15.9 Å². The molecule has 7 nitrogen and oxygen atoms in total. The number of aromatic nitrogens is 2. The molecule has 1 aliphatic rings. The molecule has 1 fully saturated rings. The predicted octanol–water partition coefficient (Wildman–Crippen LogP) is 2.05. The molecule has 27 heavy (non-hydrogen) atoms. The normalized spacial score (nSPS) is 18.2. The van der Waals surface area contributed by atoms with Crippen LogP contribution in [0.5, 0.6) is 0 Å². The van der Waals surface area contributed by atoms with Gasteiger partial charge in [-0.05, 0) is 35.7 Å². The van der Waals surface area contributed by atoms with Gasteiger partial charge >= 0.3 is 0 Å². The molecule has 1 aromatic heterocycles. The Morgan fingerprint density at radius 3 is 2.63 bits per heavy atom. The van der Waals surface area contributed by atoms with Crippen LogP contribution in [0.15, 0.2) is 59.6 Å². The van der Waals surface area contributed by atoms with Gasteiger partial charge in [0, 0.05) is 19.7 Å². The van der Waals surface area contributed by atoms with E-state index in [2.05, 4.69) is 9.82 Å². The molecule has 1 atom stereocenters. The van der Waals surface area contributed by atoms with Gasteiger partial charge in [-0.1, -0.05) is 30.3 Å². The summed E-state index contributed by atoms with van der Waals surface area (Å²) in [4.78, 5) is 14.6. The van der Waals surface area contributed by atoms with E-state index in [1.54, 1.807) is 47.1 Å². The van der Waals surface area contributed by atoms with Crippen LogP contribution in [-0.4, -0.2) is 36.7 Å². The Hall–Kier alpha value is -2.71. The van der Waals surface area contributed by atoms with Gasteiger partial charge in [0.05, 0.1) is 11.1 Å². The monoisotopic (exact) mass is 384 g/mol. The molecule has 4 rings (SSSR count). The Balaban J connectivity index is 1.59. The lowest BCUT2D eigenvalue weighted by Crippen LogP contribution is -2.52. The zero-order valence-electron chi connectivity index (χ0n) is 14.9. The second-order valence-electron chi connectivity index (χ2n) is 6.63. The fraction of sp³-hybridized carbons (Fsp3) is 0.263. The van der Waals surface area contributed by atoms with E-state index in [0.29, 0.717) is 25.2 Å². The number of anilines is 1. The first kappa shape index (κ1) is 17.7. The summed E-state index contributed by atoms with van der Waals surface area (Å²) in [6.07, 6.45) is 2.80. The molecule has 8 heteroatoms. The summed E-state index contributed by atoms with van der Waals surface area (Å²) in [5.74, 6) is 0.406. The van der Waals surface area contributed by atoms with Gasteiger partial charge in [-0.3, -0.25) is 14.4 Å². The highest BCUT2D eigenvalue weighted by Gasteiger charge is 2.34. The number of fused-ring (bicyclic) bond motifs is 1. The molecule has 0 spiro atoms. The SMILES string of the molecule is Cn1nccc1N1CCC[C@H](NS(=O)(=O)c2ccc3ccccc3c2)C1=O. The average Bonchev–Trinajstić information content (AvgIpc) is 3.08. The Kier molecular flexibility index (Phi) is 4.45. The Labute approximate surface area is 157 Å². The van der Waals surface area contributed by atoms with Crippen molar-refractivity contribution >= 4 is 32.5 Å². The minimum Gasteiger partial charge on any atom is -0.296 e. The fourth-order valence-corrected chi connectivity index (χ4v) is 4.69. The fourth-order valence-electron chi connectivity index (χ4n) is 3.43. The molecule has 3 aromatic rings. The molecule has 0 saturated carbocycles. The van der Waals surface area contributed by atoms with E-state index >= 15 is 0 Å². The van der Waals surface area contributed by atoms with Crippen molar-refractivity contribution in [2.45, 2.75) is 23.8 Å². The molecule has 0 bridgehead atoms. The maximum atomic E-state index is 12.9. The average molecular weight is 384 g/mol. The molecule has 1 N–H and O–H groups in total. The van der Waals surface area contributed by atoms with Gasteiger partial charge in [-0.25, -0.2) is 8.42 Å². The van der Waals surface area contributed by atoms with Crippen LogP contribution in [0.3, 0.4) is 0 Å². The smallest absolute Gasteiger partial charge is 0.246 e. The third-order valence-corrected chi connectivity index (χ3v) is 6.31. The van der Waals surface area contributed by atoms with Crippen molar-refractivity contribution in [2.24, 2.45) is 7.05 Å². The van der Waals surface area contributed by atoms with Crippen molar-refractivity contribution in [2.75, 3.05) is 11.4 Å². The molecule has 1 saturated heterocycles. The standard InChI is InChI=1S/C19H20N4O3S/c1-22-18(10-11-20-22)23-12-4-7-17(19(23)24)21-27(25,26)16-9-8-14-5-2-3-6-15(14)13-16/h2-3,5-6,8-11,13,17,21H,4,7,12H2,1H3/t17-/m0/s1. The minimum atomic E-state index is -3.81. The highest BCUT2D eigenvalue weighted by atomic mass is 32.2. The lowest BCUT2D eigenvalue weighted by atomic mass is 10.1. The van der Waals surface area contributed by atoms with Gasteiger partial charge in [0.15, 0.2) is 0 Å². The number of nitrogens with one attached hydrogen (secondary N) is 1. The van der Waals surface area contributed by atoms with Gasteiger partial charge < -0.3 is 0 Å². The first-order valence-corrected chi connectivity index (χ1v) is 10.2. The number of hydrogen-bond acceptors (Lipinski definition) is 4. The van der Waals surface area contributed by atoms with Crippen molar-refractivity contribution in [3.05, 3.63) is 54.7 Å². The lowest BCUT2D eigenvalue weighted by molar-refractivity contribution is -0.121. The summed E-state index contributed by atoms with van der Waals surface area (Å²) >= 11 is 0. The second kappa shape index (κ2) is 6.79. The summed E-state index contributed by atoms with van der Waals surface area (Å²) in [5.41, 5.74) is 0. The largest absolute Gasteiger partial charge is 0.296 e. The van der Waals surface area contributed by atoms with Gasteiger partial charge in [-0.15, -0.1) is 0 Å². The number of aryl methyl sites for hydroxylation is 1. The molecule has 1 aliphatic heterocycles. The van der Waals surface area contributed by atoms with Gasteiger partial charge in [0.1, 0.15) is 11.9 Å². The molecule has 1 amide bonds. The van der Waals surface area contributed by atoms with Crippen LogP contribution in [0, 0.1) is 0 Å². The summed E-state index contributed by atoms with van der Waals surface area (Å²) in [6, 6.07) is 13.5. The van der Waals surface area contributed by atoms with Crippen LogP contribution in [0.4, 0.5) is 5.82 Å². The third-order valence-electron chi connectivity index (χ3n) is 4.84.